The molecule has 0 bridgehead atoms. The summed E-state index contributed by atoms with van der Waals surface area (Å²) < 4.78 is 5.39. The van der Waals surface area contributed by atoms with Crippen molar-refractivity contribution in [1.82, 2.24) is 9.88 Å². The van der Waals surface area contributed by atoms with Gasteiger partial charge < -0.3 is 15.0 Å². The second-order valence-electron chi connectivity index (χ2n) is 5.52. The molecule has 0 amide bonds. The van der Waals surface area contributed by atoms with E-state index in [2.05, 4.69) is 42.3 Å². The Morgan fingerprint density at radius 1 is 1.24 bits per heavy atom. The van der Waals surface area contributed by atoms with Gasteiger partial charge in [0.05, 0.1) is 7.11 Å². The smallest absolute Gasteiger partial charge is 0.145 e. The number of aromatic nitrogens is 1. The number of nitrogens with one attached hydrogen (secondary N) is 1. The molecule has 1 unspecified atom stereocenters. The van der Waals surface area contributed by atoms with E-state index < -0.39 is 0 Å². The molecule has 0 aliphatic carbocycles. The predicted octanol–water partition coefficient (Wildman–Crippen LogP) is 3.39. The van der Waals surface area contributed by atoms with Gasteiger partial charge in [-0.1, -0.05) is 25.5 Å². The van der Waals surface area contributed by atoms with Crippen LogP contribution in [-0.2, 0) is 0 Å². The number of fused-ring (bicyclic) bond motifs is 1. The fraction of sp³-hybridized carbons (Fsp3) is 0.471. The molecule has 1 aromatic heterocycles. The molecule has 0 saturated carbocycles. The molecule has 0 spiro atoms. The van der Waals surface area contributed by atoms with E-state index in [1.807, 2.05) is 24.3 Å². The topological polar surface area (TPSA) is 37.4 Å². The van der Waals surface area contributed by atoms with E-state index in [0.717, 1.165) is 29.0 Å². The van der Waals surface area contributed by atoms with Gasteiger partial charge in [0.15, 0.2) is 0 Å². The van der Waals surface area contributed by atoms with Crippen LogP contribution in [0.5, 0.6) is 5.75 Å². The Kier molecular flexibility index (Phi) is 5.39. The summed E-state index contributed by atoms with van der Waals surface area (Å²) in [6, 6.07) is 10.6. The van der Waals surface area contributed by atoms with Crippen molar-refractivity contribution >= 4 is 16.7 Å². The Hall–Kier alpha value is -1.81. The van der Waals surface area contributed by atoms with E-state index in [1.165, 1.54) is 12.8 Å². The standard InChI is InChI=1S/C17H25N3O/c1-5-7-14(20(2)3)12-18-16-11-10-13-8-6-9-15(21-4)17(13)19-16/h6,8-11,14H,5,7,12H2,1-4H3,(H,18,19). The van der Waals surface area contributed by atoms with Gasteiger partial charge in [-0.05, 0) is 38.7 Å². The highest BCUT2D eigenvalue weighted by Gasteiger charge is 2.10. The Morgan fingerprint density at radius 3 is 2.71 bits per heavy atom. The quantitative estimate of drug-likeness (QED) is 0.847. The van der Waals surface area contributed by atoms with Gasteiger partial charge in [0, 0.05) is 18.0 Å². The van der Waals surface area contributed by atoms with Crippen LogP contribution in [0.15, 0.2) is 30.3 Å². The number of rotatable bonds is 7. The van der Waals surface area contributed by atoms with Crippen LogP contribution in [0.2, 0.25) is 0 Å². The molecule has 0 aliphatic heterocycles. The van der Waals surface area contributed by atoms with Gasteiger partial charge >= 0.3 is 0 Å². The van der Waals surface area contributed by atoms with Crippen LogP contribution in [0.25, 0.3) is 10.9 Å². The van der Waals surface area contributed by atoms with Gasteiger partial charge in [0.2, 0.25) is 0 Å². The number of ether oxygens (including phenoxy) is 1. The maximum Gasteiger partial charge on any atom is 0.145 e. The van der Waals surface area contributed by atoms with Crippen LogP contribution in [0.3, 0.4) is 0 Å². The van der Waals surface area contributed by atoms with Gasteiger partial charge in [0.1, 0.15) is 17.1 Å². The zero-order valence-corrected chi connectivity index (χ0v) is 13.4. The van der Waals surface area contributed by atoms with E-state index in [9.17, 15) is 0 Å². The molecule has 0 fully saturated rings. The summed E-state index contributed by atoms with van der Waals surface area (Å²) in [5.74, 6) is 1.71. The number of anilines is 1. The van der Waals surface area contributed by atoms with Gasteiger partial charge in [-0.3, -0.25) is 0 Å². The van der Waals surface area contributed by atoms with Crippen LogP contribution in [-0.4, -0.2) is 43.7 Å². The van der Waals surface area contributed by atoms with Gasteiger partial charge in [0.25, 0.3) is 0 Å². The van der Waals surface area contributed by atoms with E-state index in [4.69, 9.17) is 4.74 Å². The van der Waals surface area contributed by atoms with E-state index in [1.54, 1.807) is 7.11 Å². The third kappa shape index (κ3) is 3.85. The minimum Gasteiger partial charge on any atom is -0.494 e. The first kappa shape index (κ1) is 15.6. The largest absolute Gasteiger partial charge is 0.494 e. The van der Waals surface area contributed by atoms with Crippen molar-refractivity contribution in [2.45, 2.75) is 25.8 Å². The number of hydrogen-bond acceptors (Lipinski definition) is 4. The lowest BCUT2D eigenvalue weighted by molar-refractivity contribution is 0.288. The number of pyridine rings is 1. The van der Waals surface area contributed by atoms with E-state index in [-0.39, 0.29) is 0 Å². The molecule has 0 saturated heterocycles. The minimum absolute atomic E-state index is 0.519. The van der Waals surface area contributed by atoms with Crippen LogP contribution in [0, 0.1) is 0 Å². The third-order valence-corrected chi connectivity index (χ3v) is 3.77. The Bertz CT molecular complexity index is 583. The molecule has 4 heteroatoms. The number of likely N-dealkylation sites (N-methyl/N-ethyl adjacent to an activating group) is 1. The molecule has 2 aromatic rings. The van der Waals surface area contributed by atoms with Crippen LogP contribution >= 0.6 is 0 Å². The Labute approximate surface area is 127 Å². The van der Waals surface area contributed by atoms with Gasteiger partial charge in [-0.15, -0.1) is 0 Å². The maximum atomic E-state index is 5.39. The van der Waals surface area contributed by atoms with Crippen molar-refractivity contribution in [3.63, 3.8) is 0 Å². The van der Waals surface area contributed by atoms with E-state index >= 15 is 0 Å². The number of para-hydroxylation sites is 1. The molecule has 21 heavy (non-hydrogen) atoms. The summed E-state index contributed by atoms with van der Waals surface area (Å²) in [4.78, 5) is 6.94. The number of benzene rings is 1. The summed E-state index contributed by atoms with van der Waals surface area (Å²) in [6.45, 7) is 3.12. The molecule has 0 aliphatic rings. The van der Waals surface area contributed by atoms with Crippen molar-refractivity contribution in [3.05, 3.63) is 30.3 Å². The first-order valence-corrected chi connectivity index (χ1v) is 7.49. The highest BCUT2D eigenvalue weighted by Crippen LogP contribution is 2.24. The Morgan fingerprint density at radius 2 is 2.05 bits per heavy atom. The lowest BCUT2D eigenvalue weighted by atomic mass is 10.1. The maximum absolute atomic E-state index is 5.39. The monoisotopic (exact) mass is 287 g/mol. The molecule has 0 radical (unpaired) electrons. The summed E-state index contributed by atoms with van der Waals surface area (Å²) in [5, 5.41) is 4.54. The lowest BCUT2D eigenvalue weighted by Crippen LogP contribution is -2.34. The SMILES string of the molecule is CCCC(CNc1ccc2cccc(OC)c2n1)N(C)C. The van der Waals surface area contributed by atoms with Crippen molar-refractivity contribution in [2.75, 3.05) is 33.1 Å². The summed E-state index contributed by atoms with van der Waals surface area (Å²) >= 11 is 0. The molecular weight excluding hydrogens is 262 g/mol. The fourth-order valence-corrected chi connectivity index (χ4v) is 2.48. The molecule has 1 heterocycles. The highest BCUT2D eigenvalue weighted by atomic mass is 16.5. The van der Waals surface area contributed by atoms with Crippen molar-refractivity contribution in [2.24, 2.45) is 0 Å². The summed E-state index contributed by atoms with van der Waals surface area (Å²) in [6.07, 6.45) is 2.36. The second-order valence-corrected chi connectivity index (χ2v) is 5.52. The van der Waals surface area contributed by atoms with Crippen molar-refractivity contribution in [3.8, 4) is 5.75 Å². The van der Waals surface area contributed by atoms with Crippen LogP contribution < -0.4 is 10.1 Å². The second kappa shape index (κ2) is 7.27. The normalized spacial score (nSPS) is 12.6. The molecule has 1 atom stereocenters. The number of hydrogen-bond donors (Lipinski definition) is 1. The first-order chi connectivity index (χ1) is 10.2. The molecular formula is C17H25N3O. The number of nitrogens with zero attached hydrogens (tertiary/aromatic N) is 2. The molecule has 2 rings (SSSR count). The molecule has 4 nitrogen and oxygen atoms in total. The van der Waals surface area contributed by atoms with Crippen LogP contribution in [0.1, 0.15) is 19.8 Å². The average Bonchev–Trinajstić information content (AvgIpc) is 2.50. The molecule has 114 valence electrons. The highest BCUT2D eigenvalue weighted by molar-refractivity contribution is 5.85. The minimum atomic E-state index is 0.519. The number of methoxy groups -OCH3 is 1. The summed E-state index contributed by atoms with van der Waals surface area (Å²) in [5.41, 5.74) is 0.905. The fourth-order valence-electron chi connectivity index (χ4n) is 2.48. The zero-order valence-electron chi connectivity index (χ0n) is 13.4. The van der Waals surface area contributed by atoms with Gasteiger partial charge in [-0.25, -0.2) is 4.98 Å². The molecule has 1 aromatic carbocycles. The predicted molar refractivity (Wildman–Crippen MR) is 89.2 cm³/mol. The van der Waals surface area contributed by atoms with Gasteiger partial charge in [-0.2, -0.15) is 0 Å². The van der Waals surface area contributed by atoms with Crippen molar-refractivity contribution < 1.29 is 4.74 Å². The van der Waals surface area contributed by atoms with Crippen LogP contribution in [0.4, 0.5) is 5.82 Å². The van der Waals surface area contributed by atoms with E-state index in [0.29, 0.717) is 6.04 Å². The summed E-state index contributed by atoms with van der Waals surface area (Å²) in [7, 11) is 5.93. The third-order valence-electron chi connectivity index (χ3n) is 3.77. The molecule has 1 N–H and O–H groups in total. The van der Waals surface area contributed by atoms with Crippen molar-refractivity contribution in [1.29, 1.82) is 0 Å². The Balaban J connectivity index is 2.15. The lowest BCUT2D eigenvalue weighted by Gasteiger charge is -2.24. The first-order valence-electron chi connectivity index (χ1n) is 7.49. The zero-order chi connectivity index (χ0) is 15.2. The average molecular weight is 287 g/mol.